The van der Waals surface area contributed by atoms with Crippen LogP contribution in [0.25, 0.3) is 31.7 Å². The molecule has 3 aromatic carbocycles. The maximum Gasteiger partial charge on any atom is 0.380 e. The largest absolute Gasteiger partial charge is 0.380 e. The van der Waals surface area contributed by atoms with Gasteiger partial charge in [-0.15, -0.1) is 28.2 Å². The molecule has 0 saturated carbocycles. The van der Waals surface area contributed by atoms with Gasteiger partial charge in [0.25, 0.3) is 0 Å². The summed E-state index contributed by atoms with van der Waals surface area (Å²) in [4.78, 5) is 0.989. The van der Waals surface area contributed by atoms with Crippen LogP contribution in [-0.2, 0) is 0 Å². The van der Waals surface area contributed by atoms with Crippen LogP contribution in [0.15, 0.2) is 78.9 Å². The van der Waals surface area contributed by atoms with Crippen molar-refractivity contribution in [2.24, 2.45) is 0 Å². The SMILES string of the molecule is Cc1sc(-c2ccc(C#Cc3ccc(C#C[Si](C)(C)C)cc3)cc2)cc1C1=C(c2c(C)sc3ccccc23)C(F)(F)C(F)(F)C1(F)F. The van der Waals surface area contributed by atoms with Gasteiger partial charge < -0.3 is 0 Å². The zero-order valence-corrected chi connectivity index (χ0v) is 28.7. The third-order valence-corrected chi connectivity index (χ3v) is 10.9. The number of alkyl halides is 6. The topological polar surface area (TPSA) is 0 Å². The molecule has 1 aliphatic rings. The van der Waals surface area contributed by atoms with Gasteiger partial charge in [-0.2, -0.15) is 26.3 Å². The smallest absolute Gasteiger partial charge is 0.194 e. The molecule has 6 rings (SSSR count). The predicted molar refractivity (Wildman–Crippen MR) is 185 cm³/mol. The van der Waals surface area contributed by atoms with Gasteiger partial charge in [0.2, 0.25) is 0 Å². The van der Waals surface area contributed by atoms with Crippen LogP contribution in [0, 0.1) is 37.2 Å². The summed E-state index contributed by atoms with van der Waals surface area (Å²) in [7, 11) is -1.48. The fourth-order valence-corrected chi connectivity index (χ4v) is 8.14. The molecule has 2 aromatic heterocycles. The molecule has 1 aliphatic carbocycles. The van der Waals surface area contributed by atoms with Crippen molar-refractivity contribution < 1.29 is 26.3 Å². The van der Waals surface area contributed by atoms with E-state index in [4.69, 9.17) is 0 Å². The van der Waals surface area contributed by atoms with Gasteiger partial charge in [-0.1, -0.05) is 67.7 Å². The molecule has 9 heteroatoms. The van der Waals surface area contributed by atoms with Crippen molar-refractivity contribution in [2.75, 3.05) is 0 Å². The molecule has 0 aliphatic heterocycles. The number of halogens is 6. The summed E-state index contributed by atoms with van der Waals surface area (Å²) >= 11 is 2.19. The van der Waals surface area contributed by atoms with Gasteiger partial charge in [0.1, 0.15) is 8.07 Å². The third kappa shape index (κ3) is 5.75. The Morgan fingerprint density at radius 1 is 0.617 bits per heavy atom. The number of benzene rings is 3. The predicted octanol–water partition coefficient (Wildman–Crippen LogP) is 11.7. The minimum absolute atomic E-state index is 0.236. The average Bonchev–Trinajstić information content (AvgIpc) is 3.58. The fourth-order valence-electron chi connectivity index (χ4n) is 5.52. The first-order valence-electron chi connectivity index (χ1n) is 14.7. The molecule has 238 valence electrons. The first-order valence-corrected chi connectivity index (χ1v) is 19.9. The quantitative estimate of drug-likeness (QED) is 0.100. The highest BCUT2D eigenvalue weighted by molar-refractivity contribution is 7.19. The van der Waals surface area contributed by atoms with Gasteiger partial charge in [0, 0.05) is 58.1 Å². The fraction of sp³-hybridized carbons (Fsp3) is 0.211. The molecular weight excluding hydrogens is 663 g/mol. The van der Waals surface area contributed by atoms with E-state index in [0.717, 1.165) is 33.8 Å². The van der Waals surface area contributed by atoms with Crippen molar-refractivity contribution in [1.29, 1.82) is 0 Å². The highest BCUT2D eigenvalue weighted by Crippen LogP contribution is 2.66. The van der Waals surface area contributed by atoms with Crippen LogP contribution in [0.5, 0.6) is 0 Å². The Morgan fingerprint density at radius 2 is 1.15 bits per heavy atom. The standard InChI is InChI=1S/C38H28F6S2Si/c1-23-30(34-35(37(41,42)38(43,44)36(34,39)40)33-24(2)46-31-9-7-6-8-29(31)33)22-32(45-23)28-18-16-26(17-19-28)11-10-25-12-14-27(15-13-25)20-21-47(3,4)5/h6-9,12-19,22H,1-5H3. The van der Waals surface area contributed by atoms with E-state index in [0.29, 0.717) is 20.7 Å². The molecule has 5 aromatic rings. The van der Waals surface area contributed by atoms with Gasteiger partial charge in [0.15, 0.2) is 0 Å². The minimum atomic E-state index is -5.61. The average molecular weight is 691 g/mol. The Balaban J connectivity index is 1.36. The zero-order valence-electron chi connectivity index (χ0n) is 26.1. The lowest BCUT2D eigenvalue weighted by molar-refractivity contribution is -0.254. The highest BCUT2D eigenvalue weighted by Gasteiger charge is 2.80. The number of hydrogen-bond acceptors (Lipinski definition) is 2. The van der Waals surface area contributed by atoms with Gasteiger partial charge in [-0.3, -0.25) is 0 Å². The molecule has 2 heterocycles. The number of rotatable bonds is 3. The van der Waals surface area contributed by atoms with E-state index in [9.17, 15) is 0 Å². The van der Waals surface area contributed by atoms with E-state index >= 15 is 26.3 Å². The Labute approximate surface area is 278 Å². The van der Waals surface area contributed by atoms with Crippen LogP contribution in [0.2, 0.25) is 19.6 Å². The summed E-state index contributed by atoms with van der Waals surface area (Å²) in [6.07, 6.45) is 0. The molecular formula is C38H28F6S2Si. The number of fused-ring (bicyclic) bond motifs is 1. The molecule has 0 amide bonds. The maximum atomic E-state index is 15.6. The second kappa shape index (κ2) is 11.6. The first-order chi connectivity index (χ1) is 22.0. The van der Waals surface area contributed by atoms with Crippen LogP contribution in [0.3, 0.4) is 0 Å². The van der Waals surface area contributed by atoms with Crippen molar-refractivity contribution in [3.63, 3.8) is 0 Å². The maximum absolute atomic E-state index is 15.6. The summed E-state index contributed by atoms with van der Waals surface area (Å²) in [5.41, 5.74) is 3.21. The van der Waals surface area contributed by atoms with Crippen LogP contribution < -0.4 is 0 Å². The summed E-state index contributed by atoms with van der Waals surface area (Å²) in [5.74, 6) is -6.40. The summed E-state index contributed by atoms with van der Waals surface area (Å²) in [5, 5.41) is 0.243. The van der Waals surface area contributed by atoms with Crippen LogP contribution in [-0.4, -0.2) is 25.8 Å². The first kappa shape index (κ1) is 32.9. The van der Waals surface area contributed by atoms with Crippen molar-refractivity contribution in [1.82, 2.24) is 0 Å². The molecule has 0 nitrogen and oxygen atoms in total. The molecule has 0 N–H and O–H groups in total. The van der Waals surface area contributed by atoms with Crippen molar-refractivity contribution in [2.45, 2.75) is 51.3 Å². The number of aryl methyl sites for hydroxylation is 2. The Hall–Kier alpha value is -4.02. The van der Waals surface area contributed by atoms with Crippen molar-refractivity contribution >= 4 is 52.0 Å². The van der Waals surface area contributed by atoms with Crippen LogP contribution in [0.1, 0.15) is 37.6 Å². The molecule has 0 bridgehead atoms. The van der Waals surface area contributed by atoms with Gasteiger partial charge in [-0.25, -0.2) is 0 Å². The van der Waals surface area contributed by atoms with Crippen molar-refractivity contribution in [3.8, 4) is 33.7 Å². The monoisotopic (exact) mass is 690 g/mol. The molecule has 0 unspecified atom stereocenters. The van der Waals surface area contributed by atoms with Crippen LogP contribution >= 0.6 is 22.7 Å². The van der Waals surface area contributed by atoms with Crippen LogP contribution in [0.4, 0.5) is 26.3 Å². The Bertz CT molecular complexity index is 2170. The number of allylic oxidation sites excluding steroid dienone is 2. The summed E-state index contributed by atoms with van der Waals surface area (Å²) in [6, 6.07) is 22.4. The lowest BCUT2D eigenvalue weighted by Gasteiger charge is -2.25. The molecule has 0 spiro atoms. The van der Waals surface area contributed by atoms with Gasteiger partial charge >= 0.3 is 17.8 Å². The molecule has 0 radical (unpaired) electrons. The Morgan fingerprint density at radius 3 is 1.74 bits per heavy atom. The van der Waals surface area contributed by atoms with Crippen molar-refractivity contribution in [3.05, 3.63) is 116 Å². The zero-order chi connectivity index (χ0) is 33.9. The Kier molecular flexibility index (Phi) is 8.11. The second-order valence-electron chi connectivity index (χ2n) is 12.5. The normalized spacial score (nSPS) is 16.5. The van der Waals surface area contributed by atoms with Gasteiger partial charge in [-0.05, 0) is 73.5 Å². The van der Waals surface area contributed by atoms with E-state index in [1.165, 1.54) is 26.0 Å². The lowest BCUT2D eigenvalue weighted by atomic mass is 9.93. The van der Waals surface area contributed by atoms with E-state index in [1.54, 1.807) is 42.5 Å². The molecule has 0 atom stereocenters. The lowest BCUT2D eigenvalue weighted by Crippen LogP contribution is -2.48. The molecule has 0 fully saturated rings. The summed E-state index contributed by atoms with van der Waals surface area (Å²) in [6.45, 7) is 9.52. The minimum Gasteiger partial charge on any atom is -0.194 e. The third-order valence-electron chi connectivity index (χ3n) is 7.86. The van der Waals surface area contributed by atoms with Gasteiger partial charge in [0.05, 0.1) is 0 Å². The highest BCUT2D eigenvalue weighted by atomic mass is 32.1. The molecule has 47 heavy (non-hydrogen) atoms. The van der Waals surface area contributed by atoms with E-state index in [2.05, 4.69) is 42.9 Å². The molecule has 0 saturated heterocycles. The number of thiophene rings is 2. The second-order valence-corrected chi connectivity index (χ2v) is 19.8. The van der Waals surface area contributed by atoms with E-state index in [-0.39, 0.29) is 26.3 Å². The number of hydrogen-bond donors (Lipinski definition) is 0. The van der Waals surface area contributed by atoms with E-state index < -0.39 is 37.0 Å². The van der Waals surface area contributed by atoms with E-state index in [1.807, 2.05) is 24.3 Å². The summed E-state index contributed by atoms with van der Waals surface area (Å²) < 4.78 is 93.1.